The Kier molecular flexibility index (Phi) is 5.12. The fourth-order valence-electron chi connectivity index (χ4n) is 1.10. The van der Waals surface area contributed by atoms with Gasteiger partial charge in [0, 0.05) is 13.0 Å². The first-order valence-corrected chi connectivity index (χ1v) is 7.09. The van der Waals surface area contributed by atoms with Gasteiger partial charge in [-0.15, -0.1) is 11.8 Å². The topological polar surface area (TPSA) is 46.2 Å². The number of hydrogen-bond donors (Lipinski definition) is 1. The zero-order chi connectivity index (χ0) is 12.9. The number of benzene rings is 1. The van der Waals surface area contributed by atoms with Crippen LogP contribution in [-0.2, 0) is 10.0 Å². The summed E-state index contributed by atoms with van der Waals surface area (Å²) in [6.45, 7) is 1.89. The molecule has 0 aliphatic carbocycles. The van der Waals surface area contributed by atoms with Gasteiger partial charge in [0.25, 0.3) is 0 Å². The Labute approximate surface area is 109 Å². The maximum absolute atomic E-state index is 13.2. The highest BCUT2D eigenvalue weighted by molar-refractivity contribution is 9.10. The third-order valence-corrected chi connectivity index (χ3v) is 4.02. The predicted molar refractivity (Wildman–Crippen MR) is 67.4 cm³/mol. The molecule has 0 spiro atoms. The van der Waals surface area contributed by atoms with E-state index >= 15 is 0 Å². The minimum atomic E-state index is -3.66. The van der Waals surface area contributed by atoms with Crippen LogP contribution in [0.2, 0.25) is 0 Å². The highest BCUT2D eigenvalue weighted by atomic mass is 79.9. The molecule has 17 heavy (non-hydrogen) atoms. The van der Waals surface area contributed by atoms with Crippen LogP contribution < -0.4 is 4.72 Å². The fraction of sp³-hybridized carbons (Fsp3) is 0.273. The number of sulfonamides is 1. The molecule has 0 atom stereocenters. The molecule has 0 aliphatic rings. The molecule has 0 heterocycles. The summed E-state index contributed by atoms with van der Waals surface area (Å²) in [4.78, 5) is -0.0948. The average molecular weight is 320 g/mol. The second-order valence-corrected chi connectivity index (χ2v) is 5.77. The van der Waals surface area contributed by atoms with Crippen molar-refractivity contribution in [3.8, 4) is 11.8 Å². The third-order valence-electron chi connectivity index (χ3n) is 1.92. The Morgan fingerprint density at radius 1 is 1.47 bits per heavy atom. The van der Waals surface area contributed by atoms with Crippen molar-refractivity contribution in [3.05, 3.63) is 28.5 Å². The van der Waals surface area contributed by atoms with Crippen molar-refractivity contribution in [2.24, 2.45) is 0 Å². The van der Waals surface area contributed by atoms with Gasteiger partial charge in [0.05, 0.1) is 9.37 Å². The Morgan fingerprint density at radius 3 is 2.76 bits per heavy atom. The summed E-state index contributed by atoms with van der Waals surface area (Å²) >= 11 is 2.96. The fourth-order valence-corrected chi connectivity index (χ4v) is 2.39. The van der Waals surface area contributed by atoms with E-state index in [1.807, 2.05) is 0 Å². The van der Waals surface area contributed by atoms with Crippen LogP contribution in [0.15, 0.2) is 27.6 Å². The van der Waals surface area contributed by atoms with Gasteiger partial charge in [-0.1, -0.05) is 0 Å². The summed E-state index contributed by atoms with van der Waals surface area (Å²) in [7, 11) is -3.66. The van der Waals surface area contributed by atoms with Crippen molar-refractivity contribution in [2.45, 2.75) is 18.2 Å². The molecule has 0 fully saturated rings. The Hall–Kier alpha value is -0.900. The SMILES string of the molecule is CC#CCCNS(=O)(=O)c1ccc(Br)c(F)c1. The zero-order valence-corrected chi connectivity index (χ0v) is 11.5. The van der Waals surface area contributed by atoms with Gasteiger partial charge < -0.3 is 0 Å². The van der Waals surface area contributed by atoms with Crippen molar-refractivity contribution in [1.82, 2.24) is 4.72 Å². The van der Waals surface area contributed by atoms with E-state index in [1.54, 1.807) is 6.92 Å². The van der Waals surface area contributed by atoms with Gasteiger partial charge in [0.15, 0.2) is 0 Å². The molecule has 0 unspecified atom stereocenters. The molecule has 0 saturated carbocycles. The van der Waals surface area contributed by atoms with Crippen LogP contribution in [0.25, 0.3) is 0 Å². The van der Waals surface area contributed by atoms with Gasteiger partial charge in [-0.2, -0.15) is 0 Å². The van der Waals surface area contributed by atoms with Crippen molar-refractivity contribution < 1.29 is 12.8 Å². The van der Waals surface area contributed by atoms with Gasteiger partial charge in [0.2, 0.25) is 10.0 Å². The van der Waals surface area contributed by atoms with Gasteiger partial charge >= 0.3 is 0 Å². The summed E-state index contributed by atoms with van der Waals surface area (Å²) < 4.78 is 39.2. The van der Waals surface area contributed by atoms with Gasteiger partial charge in [-0.25, -0.2) is 17.5 Å². The van der Waals surface area contributed by atoms with Crippen LogP contribution in [0.3, 0.4) is 0 Å². The summed E-state index contributed by atoms with van der Waals surface area (Å²) in [5.74, 6) is 4.78. The molecule has 6 heteroatoms. The molecule has 0 amide bonds. The molecule has 0 saturated heterocycles. The number of rotatable bonds is 4. The molecule has 1 aromatic rings. The number of nitrogens with one attached hydrogen (secondary N) is 1. The summed E-state index contributed by atoms with van der Waals surface area (Å²) in [5, 5.41) is 0. The van der Waals surface area contributed by atoms with Crippen molar-refractivity contribution in [3.63, 3.8) is 0 Å². The second kappa shape index (κ2) is 6.15. The molecule has 1 N–H and O–H groups in total. The van der Waals surface area contributed by atoms with Crippen molar-refractivity contribution >= 4 is 26.0 Å². The number of hydrogen-bond acceptors (Lipinski definition) is 2. The lowest BCUT2D eigenvalue weighted by atomic mass is 10.3. The first-order valence-electron chi connectivity index (χ1n) is 4.81. The van der Waals surface area contributed by atoms with Crippen molar-refractivity contribution in [2.75, 3.05) is 6.54 Å². The van der Waals surface area contributed by atoms with Gasteiger partial charge in [-0.05, 0) is 41.1 Å². The molecule has 3 nitrogen and oxygen atoms in total. The normalized spacial score (nSPS) is 10.8. The maximum atomic E-state index is 13.2. The molecule has 1 aromatic carbocycles. The highest BCUT2D eigenvalue weighted by Gasteiger charge is 2.14. The lowest BCUT2D eigenvalue weighted by Gasteiger charge is -2.05. The molecular formula is C11H11BrFNO2S. The molecule has 0 radical (unpaired) electrons. The van der Waals surface area contributed by atoms with E-state index in [9.17, 15) is 12.8 Å². The molecule has 92 valence electrons. The van der Waals surface area contributed by atoms with E-state index in [2.05, 4.69) is 32.5 Å². The number of halogens is 2. The van der Waals surface area contributed by atoms with Crippen molar-refractivity contribution in [1.29, 1.82) is 0 Å². The molecule has 0 bridgehead atoms. The van der Waals surface area contributed by atoms with E-state index < -0.39 is 15.8 Å². The van der Waals surface area contributed by atoms with Crippen LogP contribution in [-0.4, -0.2) is 15.0 Å². The summed E-state index contributed by atoms with van der Waals surface area (Å²) in [5.41, 5.74) is 0. The molecule has 0 aliphatic heterocycles. The molecular weight excluding hydrogens is 309 g/mol. The second-order valence-electron chi connectivity index (χ2n) is 3.15. The smallest absolute Gasteiger partial charge is 0.210 e. The Bertz CT molecular complexity index is 561. The first kappa shape index (κ1) is 14.2. The van der Waals surface area contributed by atoms with Crippen LogP contribution >= 0.6 is 15.9 Å². The minimum absolute atomic E-state index is 0.0948. The van der Waals surface area contributed by atoms with Crippen LogP contribution in [0.1, 0.15) is 13.3 Å². The van der Waals surface area contributed by atoms with E-state index in [4.69, 9.17) is 0 Å². The third kappa shape index (κ3) is 4.11. The lowest BCUT2D eigenvalue weighted by Crippen LogP contribution is -2.24. The van der Waals surface area contributed by atoms with E-state index in [1.165, 1.54) is 12.1 Å². The van der Waals surface area contributed by atoms with Gasteiger partial charge in [0.1, 0.15) is 5.82 Å². The quantitative estimate of drug-likeness (QED) is 0.683. The molecule has 0 aromatic heterocycles. The van der Waals surface area contributed by atoms with Gasteiger partial charge in [-0.3, -0.25) is 0 Å². The predicted octanol–water partition coefficient (Wildman–Crippen LogP) is 2.28. The van der Waals surface area contributed by atoms with Crippen LogP contribution in [0.4, 0.5) is 4.39 Å². The standard InChI is InChI=1S/C11H11BrFNO2S/c1-2-3-4-7-14-17(15,16)9-5-6-10(12)11(13)8-9/h5-6,8,14H,4,7H2,1H3. The lowest BCUT2D eigenvalue weighted by molar-refractivity contribution is 0.577. The maximum Gasteiger partial charge on any atom is 0.240 e. The van der Waals surface area contributed by atoms with E-state index in [-0.39, 0.29) is 15.9 Å². The first-order chi connectivity index (χ1) is 7.97. The summed E-state index contributed by atoms with van der Waals surface area (Å²) in [6.07, 6.45) is 0.425. The average Bonchev–Trinajstić information content (AvgIpc) is 2.28. The largest absolute Gasteiger partial charge is 0.240 e. The minimum Gasteiger partial charge on any atom is -0.210 e. The Balaban J connectivity index is 2.81. The van der Waals surface area contributed by atoms with Crippen LogP contribution in [0, 0.1) is 17.7 Å². The Morgan fingerprint density at radius 2 is 2.18 bits per heavy atom. The molecule has 1 rings (SSSR count). The monoisotopic (exact) mass is 319 g/mol. The zero-order valence-electron chi connectivity index (χ0n) is 9.13. The summed E-state index contributed by atoms with van der Waals surface area (Å²) in [6, 6.07) is 3.66. The van der Waals surface area contributed by atoms with E-state index in [0.29, 0.717) is 6.42 Å². The van der Waals surface area contributed by atoms with E-state index in [0.717, 1.165) is 6.07 Å². The van der Waals surface area contributed by atoms with Crippen LogP contribution in [0.5, 0.6) is 0 Å². The highest BCUT2D eigenvalue weighted by Crippen LogP contribution is 2.19.